The van der Waals surface area contributed by atoms with Gasteiger partial charge in [-0.2, -0.15) is 0 Å². The number of carbonyl (C=O) groups is 1. The first-order valence-electron chi connectivity index (χ1n) is 8.41. The van der Waals surface area contributed by atoms with Crippen LogP contribution in [0.2, 0.25) is 0 Å². The van der Waals surface area contributed by atoms with Crippen molar-refractivity contribution in [1.29, 1.82) is 0 Å². The van der Waals surface area contributed by atoms with Gasteiger partial charge in [0.2, 0.25) is 0 Å². The first kappa shape index (κ1) is 17.9. The van der Waals surface area contributed by atoms with Crippen LogP contribution in [-0.4, -0.2) is 15.4 Å². The molecule has 28 heavy (non-hydrogen) atoms. The van der Waals surface area contributed by atoms with E-state index in [9.17, 15) is 14.0 Å². The highest BCUT2D eigenvalue weighted by atomic mass is 32.1. The second kappa shape index (κ2) is 7.24. The molecule has 0 aliphatic rings. The maximum atomic E-state index is 13.2. The predicted molar refractivity (Wildman–Crippen MR) is 109 cm³/mol. The number of halogens is 1. The van der Waals surface area contributed by atoms with Crippen LogP contribution >= 0.6 is 11.3 Å². The number of aromatic nitrogens is 2. The number of nitrogens with zero attached hydrogens (tertiary/aromatic N) is 2. The molecule has 0 aliphatic heterocycles. The number of amides is 2. The van der Waals surface area contributed by atoms with Crippen LogP contribution in [0.3, 0.4) is 0 Å². The number of nitrogens with one attached hydrogen (secondary N) is 2. The van der Waals surface area contributed by atoms with Gasteiger partial charge in [-0.1, -0.05) is 18.2 Å². The molecule has 2 amide bonds. The van der Waals surface area contributed by atoms with Crippen molar-refractivity contribution >= 4 is 33.7 Å². The van der Waals surface area contributed by atoms with Crippen molar-refractivity contribution in [3.8, 4) is 11.3 Å². The van der Waals surface area contributed by atoms with Gasteiger partial charge in [-0.25, -0.2) is 14.2 Å². The van der Waals surface area contributed by atoms with Crippen molar-refractivity contribution in [1.82, 2.24) is 9.38 Å². The van der Waals surface area contributed by atoms with Crippen LogP contribution in [0, 0.1) is 12.7 Å². The minimum atomic E-state index is -0.493. The number of urea groups is 1. The molecule has 0 radical (unpaired) electrons. The average molecular weight is 394 g/mol. The molecule has 2 heterocycles. The molecule has 6 nitrogen and oxygen atoms in total. The lowest BCUT2D eigenvalue weighted by molar-refractivity contribution is 0.262. The minimum Gasteiger partial charge on any atom is -0.308 e. The van der Waals surface area contributed by atoms with E-state index in [0.29, 0.717) is 27.7 Å². The van der Waals surface area contributed by atoms with Crippen molar-refractivity contribution < 1.29 is 9.18 Å². The first-order chi connectivity index (χ1) is 13.5. The molecule has 4 aromatic rings. The van der Waals surface area contributed by atoms with Gasteiger partial charge in [-0.05, 0) is 37.3 Å². The summed E-state index contributed by atoms with van der Waals surface area (Å²) in [7, 11) is 0. The quantitative estimate of drug-likeness (QED) is 0.537. The van der Waals surface area contributed by atoms with Gasteiger partial charge in [0.1, 0.15) is 5.82 Å². The van der Waals surface area contributed by atoms with Crippen molar-refractivity contribution in [2.24, 2.45) is 0 Å². The zero-order valence-electron chi connectivity index (χ0n) is 14.8. The Balaban J connectivity index is 1.60. The molecule has 140 valence electrons. The summed E-state index contributed by atoms with van der Waals surface area (Å²) >= 11 is 1.38. The van der Waals surface area contributed by atoms with Crippen LogP contribution in [0.1, 0.15) is 5.69 Å². The van der Waals surface area contributed by atoms with E-state index in [1.165, 1.54) is 35.6 Å². The van der Waals surface area contributed by atoms with Gasteiger partial charge in [0.15, 0.2) is 4.96 Å². The molecule has 8 heteroatoms. The van der Waals surface area contributed by atoms with Crippen LogP contribution in [0.25, 0.3) is 16.2 Å². The van der Waals surface area contributed by atoms with Gasteiger partial charge in [-0.3, -0.25) is 9.20 Å². The largest absolute Gasteiger partial charge is 0.323 e. The van der Waals surface area contributed by atoms with E-state index < -0.39 is 11.8 Å². The standard InChI is InChI=1S/C20H15FN4O2S/c1-12-8-18(26)25-17(11-28-20(25)22-12)13-4-2-6-15(9-13)23-19(27)24-16-7-3-5-14(21)10-16/h2-11H,1H3,(H2,23,24,27). The van der Waals surface area contributed by atoms with Crippen molar-refractivity contribution in [2.45, 2.75) is 6.92 Å². The lowest BCUT2D eigenvalue weighted by atomic mass is 10.1. The van der Waals surface area contributed by atoms with Gasteiger partial charge in [-0.15, -0.1) is 11.3 Å². The Labute approximate surface area is 163 Å². The summed E-state index contributed by atoms with van der Waals surface area (Å²) in [5.41, 5.74) is 2.88. The van der Waals surface area contributed by atoms with Gasteiger partial charge in [0.25, 0.3) is 5.56 Å². The molecule has 0 fully saturated rings. The summed E-state index contributed by atoms with van der Waals surface area (Å²) in [6.07, 6.45) is 0. The summed E-state index contributed by atoms with van der Waals surface area (Å²) in [5, 5.41) is 7.15. The minimum absolute atomic E-state index is 0.152. The van der Waals surface area contributed by atoms with E-state index in [1.807, 2.05) is 11.4 Å². The SMILES string of the molecule is Cc1cc(=O)n2c(-c3cccc(NC(=O)Nc4cccc(F)c4)c3)csc2n1. The topological polar surface area (TPSA) is 75.5 Å². The summed E-state index contributed by atoms with van der Waals surface area (Å²) in [5.74, 6) is -0.432. The number of anilines is 2. The van der Waals surface area contributed by atoms with E-state index in [1.54, 1.807) is 35.6 Å². The van der Waals surface area contributed by atoms with Crippen LogP contribution in [0.15, 0.2) is 64.8 Å². The second-order valence-corrected chi connectivity index (χ2v) is 6.98. The normalized spacial score (nSPS) is 10.8. The van der Waals surface area contributed by atoms with E-state index in [-0.39, 0.29) is 5.56 Å². The molecule has 4 rings (SSSR count). The molecular weight excluding hydrogens is 379 g/mol. The van der Waals surface area contributed by atoms with E-state index in [0.717, 1.165) is 5.56 Å². The zero-order chi connectivity index (χ0) is 19.7. The van der Waals surface area contributed by atoms with Crippen molar-refractivity contribution in [3.05, 3.63) is 81.8 Å². The molecular formula is C20H15FN4O2S. The van der Waals surface area contributed by atoms with E-state index >= 15 is 0 Å². The highest BCUT2D eigenvalue weighted by Gasteiger charge is 2.11. The Hall–Kier alpha value is -3.52. The Kier molecular flexibility index (Phi) is 4.62. The smallest absolute Gasteiger partial charge is 0.308 e. The van der Waals surface area contributed by atoms with Gasteiger partial charge >= 0.3 is 6.03 Å². The molecule has 0 saturated carbocycles. The number of hydrogen-bond donors (Lipinski definition) is 2. The molecule has 0 atom stereocenters. The number of benzene rings is 2. The first-order valence-corrected chi connectivity index (χ1v) is 9.29. The van der Waals surface area contributed by atoms with Crippen LogP contribution in [-0.2, 0) is 0 Å². The predicted octanol–water partition coefficient (Wildman–Crippen LogP) is 4.51. The highest BCUT2D eigenvalue weighted by molar-refractivity contribution is 7.15. The van der Waals surface area contributed by atoms with Gasteiger partial charge in [0, 0.05) is 34.1 Å². The number of carbonyl (C=O) groups excluding carboxylic acids is 1. The number of hydrogen-bond acceptors (Lipinski definition) is 4. The second-order valence-electron chi connectivity index (χ2n) is 6.14. The summed E-state index contributed by atoms with van der Waals surface area (Å²) in [4.78, 5) is 29.5. The third-order valence-corrected chi connectivity index (χ3v) is 4.86. The molecule has 2 N–H and O–H groups in total. The number of aryl methyl sites for hydroxylation is 1. The Morgan fingerprint density at radius 2 is 1.79 bits per heavy atom. The fourth-order valence-electron chi connectivity index (χ4n) is 2.85. The fraction of sp³-hybridized carbons (Fsp3) is 0.0500. The lowest BCUT2D eigenvalue weighted by Gasteiger charge is -2.09. The molecule has 0 unspecified atom stereocenters. The Morgan fingerprint density at radius 1 is 1.07 bits per heavy atom. The number of rotatable bonds is 3. The van der Waals surface area contributed by atoms with Crippen LogP contribution in [0.4, 0.5) is 20.6 Å². The van der Waals surface area contributed by atoms with E-state index in [4.69, 9.17) is 0 Å². The molecule has 0 spiro atoms. The molecule has 2 aromatic heterocycles. The zero-order valence-corrected chi connectivity index (χ0v) is 15.6. The maximum Gasteiger partial charge on any atom is 0.323 e. The van der Waals surface area contributed by atoms with Gasteiger partial charge < -0.3 is 10.6 Å². The third-order valence-electron chi connectivity index (χ3n) is 4.03. The van der Waals surface area contributed by atoms with E-state index in [2.05, 4.69) is 15.6 Å². The maximum absolute atomic E-state index is 13.2. The number of thiazole rings is 1. The van der Waals surface area contributed by atoms with Crippen LogP contribution in [0.5, 0.6) is 0 Å². The lowest BCUT2D eigenvalue weighted by Crippen LogP contribution is -2.19. The summed E-state index contributed by atoms with van der Waals surface area (Å²) in [6, 6.07) is 13.8. The summed E-state index contributed by atoms with van der Waals surface area (Å²) in [6.45, 7) is 1.78. The molecule has 0 bridgehead atoms. The Morgan fingerprint density at radius 3 is 2.54 bits per heavy atom. The van der Waals surface area contributed by atoms with Crippen molar-refractivity contribution in [2.75, 3.05) is 10.6 Å². The summed E-state index contributed by atoms with van der Waals surface area (Å²) < 4.78 is 14.8. The highest BCUT2D eigenvalue weighted by Crippen LogP contribution is 2.26. The third kappa shape index (κ3) is 3.63. The number of fused-ring (bicyclic) bond motifs is 1. The molecule has 0 aliphatic carbocycles. The Bertz CT molecular complexity index is 1250. The van der Waals surface area contributed by atoms with Gasteiger partial charge in [0.05, 0.1) is 5.69 Å². The molecule has 2 aromatic carbocycles. The average Bonchev–Trinajstić information content (AvgIpc) is 3.06. The fourth-order valence-corrected chi connectivity index (χ4v) is 3.79. The molecule has 0 saturated heterocycles. The van der Waals surface area contributed by atoms with Crippen molar-refractivity contribution in [3.63, 3.8) is 0 Å². The monoisotopic (exact) mass is 394 g/mol. The van der Waals surface area contributed by atoms with Crippen LogP contribution < -0.4 is 16.2 Å².